The van der Waals surface area contributed by atoms with Gasteiger partial charge < -0.3 is 14.8 Å². The van der Waals surface area contributed by atoms with Crippen LogP contribution in [-0.4, -0.2) is 30.1 Å². The number of rotatable bonds is 3. The van der Waals surface area contributed by atoms with Crippen LogP contribution in [0.4, 0.5) is 13.6 Å². The minimum Gasteiger partial charge on any atom is -0.444 e. The van der Waals surface area contributed by atoms with Gasteiger partial charge in [-0.1, -0.05) is 25.3 Å². The van der Waals surface area contributed by atoms with Gasteiger partial charge in [-0.25, -0.2) is 13.6 Å². The Hall–Kier alpha value is -2.28. The molecule has 3 rings (SSSR count). The number of halogens is 2. The normalized spacial score (nSPS) is 24.7. The molecule has 0 unspecified atom stereocenters. The third-order valence-corrected chi connectivity index (χ3v) is 5.36. The molecule has 0 aromatic heterocycles. The smallest absolute Gasteiger partial charge is 0.408 e. The van der Waals surface area contributed by atoms with Crippen LogP contribution >= 0.6 is 0 Å². The van der Waals surface area contributed by atoms with E-state index in [-0.39, 0.29) is 23.9 Å². The van der Waals surface area contributed by atoms with Gasteiger partial charge in [0.05, 0.1) is 6.04 Å². The molecule has 1 aromatic rings. The molecule has 30 heavy (non-hydrogen) atoms. The molecular formula is C23H29F2NO4. The van der Waals surface area contributed by atoms with Gasteiger partial charge in [0.1, 0.15) is 29.9 Å². The van der Waals surface area contributed by atoms with E-state index in [2.05, 4.69) is 5.32 Å². The summed E-state index contributed by atoms with van der Waals surface area (Å²) in [6.07, 6.45) is 5.31. The van der Waals surface area contributed by atoms with Crippen LogP contribution in [0.15, 0.2) is 29.8 Å². The van der Waals surface area contributed by atoms with Crippen LogP contribution in [0.1, 0.15) is 64.5 Å². The average molecular weight is 421 g/mol. The summed E-state index contributed by atoms with van der Waals surface area (Å²) in [6.45, 7) is 4.90. The lowest BCUT2D eigenvalue weighted by Gasteiger charge is -2.35. The molecule has 1 saturated heterocycles. The van der Waals surface area contributed by atoms with E-state index in [9.17, 15) is 18.4 Å². The van der Waals surface area contributed by atoms with E-state index < -0.39 is 35.5 Å². The maximum Gasteiger partial charge on any atom is 0.408 e. The molecule has 5 nitrogen and oxygen atoms in total. The molecule has 1 aliphatic carbocycles. The van der Waals surface area contributed by atoms with E-state index in [4.69, 9.17) is 9.47 Å². The first kappa shape index (κ1) is 22.4. The highest BCUT2D eigenvalue weighted by Crippen LogP contribution is 2.35. The van der Waals surface area contributed by atoms with E-state index in [0.717, 1.165) is 50.3 Å². The van der Waals surface area contributed by atoms with Crippen molar-refractivity contribution < 1.29 is 27.8 Å². The minimum atomic E-state index is -1.04. The summed E-state index contributed by atoms with van der Waals surface area (Å²) < 4.78 is 39.3. The Morgan fingerprint density at radius 3 is 2.57 bits per heavy atom. The molecule has 0 bridgehead atoms. The molecule has 1 N–H and O–H groups in total. The fourth-order valence-corrected chi connectivity index (χ4v) is 4.02. The molecule has 2 aliphatic rings. The molecule has 7 heteroatoms. The zero-order chi connectivity index (χ0) is 21.9. The number of carbonyl (C=O) groups excluding carboxylic acids is 2. The van der Waals surface area contributed by atoms with Crippen LogP contribution in [0.25, 0.3) is 0 Å². The Balaban J connectivity index is 1.97. The summed E-state index contributed by atoms with van der Waals surface area (Å²) >= 11 is 0. The maximum atomic E-state index is 14.5. The first-order valence-electron chi connectivity index (χ1n) is 10.4. The van der Waals surface area contributed by atoms with Crippen molar-refractivity contribution in [3.05, 3.63) is 47.0 Å². The van der Waals surface area contributed by atoms with Gasteiger partial charge in [0, 0.05) is 11.1 Å². The second-order valence-electron chi connectivity index (χ2n) is 8.96. The summed E-state index contributed by atoms with van der Waals surface area (Å²) in [5.41, 5.74) is -0.429. The number of ether oxygens (including phenoxy) is 2. The second-order valence-corrected chi connectivity index (χ2v) is 8.96. The first-order valence-corrected chi connectivity index (χ1v) is 10.4. The summed E-state index contributed by atoms with van der Waals surface area (Å²) in [5.74, 6) is -1.35. The molecule has 1 heterocycles. The predicted octanol–water partition coefficient (Wildman–Crippen LogP) is 5.01. The molecule has 2 atom stereocenters. The van der Waals surface area contributed by atoms with Crippen molar-refractivity contribution in [1.82, 2.24) is 5.32 Å². The van der Waals surface area contributed by atoms with Crippen LogP contribution in [0, 0.1) is 17.6 Å². The summed E-state index contributed by atoms with van der Waals surface area (Å²) in [6, 6.07) is 2.10. The third-order valence-electron chi connectivity index (χ3n) is 5.36. The Bertz CT molecular complexity index is 825. The van der Waals surface area contributed by atoms with Crippen molar-refractivity contribution in [2.24, 2.45) is 5.92 Å². The van der Waals surface area contributed by atoms with E-state index in [1.165, 1.54) is 0 Å². The number of Topliss-reactive ketones (excluding diaryl/α,β-unsaturated/α-hetero) is 1. The molecular weight excluding hydrogens is 392 g/mol. The second kappa shape index (κ2) is 9.25. The van der Waals surface area contributed by atoms with E-state index >= 15 is 0 Å². The quantitative estimate of drug-likeness (QED) is 0.697. The van der Waals surface area contributed by atoms with Gasteiger partial charge in [-0.2, -0.15) is 0 Å². The van der Waals surface area contributed by atoms with Crippen LogP contribution < -0.4 is 5.32 Å². The molecule has 164 valence electrons. The van der Waals surface area contributed by atoms with Crippen LogP contribution in [0.3, 0.4) is 0 Å². The van der Waals surface area contributed by atoms with Gasteiger partial charge >= 0.3 is 6.09 Å². The molecule has 0 spiro atoms. The Morgan fingerprint density at radius 2 is 1.90 bits per heavy atom. The average Bonchev–Trinajstić information content (AvgIpc) is 2.66. The number of ketones is 1. The van der Waals surface area contributed by atoms with Gasteiger partial charge in [0.15, 0.2) is 5.78 Å². The van der Waals surface area contributed by atoms with Gasteiger partial charge in [0.2, 0.25) is 0 Å². The van der Waals surface area contributed by atoms with Crippen LogP contribution in [0.2, 0.25) is 0 Å². The summed E-state index contributed by atoms with van der Waals surface area (Å²) in [7, 11) is 0. The molecule has 1 aliphatic heterocycles. The number of benzene rings is 1. The predicted molar refractivity (Wildman–Crippen MR) is 108 cm³/mol. The van der Waals surface area contributed by atoms with Crippen molar-refractivity contribution in [2.75, 3.05) is 6.61 Å². The van der Waals surface area contributed by atoms with E-state index in [1.54, 1.807) is 20.8 Å². The number of hydrogen-bond donors (Lipinski definition) is 1. The number of hydrogen-bond acceptors (Lipinski definition) is 4. The fraction of sp³-hybridized carbons (Fsp3) is 0.565. The highest BCUT2D eigenvalue weighted by molar-refractivity contribution is 5.99. The highest BCUT2D eigenvalue weighted by Gasteiger charge is 2.39. The Morgan fingerprint density at radius 1 is 1.20 bits per heavy atom. The van der Waals surface area contributed by atoms with Crippen molar-refractivity contribution in [3.8, 4) is 0 Å². The van der Waals surface area contributed by atoms with Crippen molar-refractivity contribution in [3.63, 3.8) is 0 Å². The standard InChI is InChI=1S/C23H29F2NO4/c1-23(2,3)30-22(28)26-20-17(11-14-7-5-4-6-8-14)19(27)13-29-21(20)16-12-15(24)9-10-18(16)25/h9-12,14,20-21H,4-8,13H2,1-3H3,(H,26,28)/t20-,21+/m0/s1. The zero-order valence-electron chi connectivity index (χ0n) is 17.7. The van der Waals surface area contributed by atoms with Crippen molar-refractivity contribution in [2.45, 2.75) is 70.6 Å². The van der Waals surface area contributed by atoms with Crippen LogP contribution in [-0.2, 0) is 14.3 Å². The number of carbonyl (C=O) groups is 2. The van der Waals surface area contributed by atoms with E-state index in [0.29, 0.717) is 5.57 Å². The molecule has 1 aromatic carbocycles. The van der Waals surface area contributed by atoms with Gasteiger partial charge in [0.25, 0.3) is 0 Å². The number of nitrogens with one attached hydrogen (secondary N) is 1. The zero-order valence-corrected chi connectivity index (χ0v) is 17.7. The lowest BCUT2D eigenvalue weighted by atomic mass is 9.83. The summed E-state index contributed by atoms with van der Waals surface area (Å²) in [5, 5.41) is 2.68. The Labute approximate surface area is 175 Å². The lowest BCUT2D eigenvalue weighted by molar-refractivity contribution is -0.127. The molecule has 1 saturated carbocycles. The number of alkyl carbamates (subject to hydrolysis) is 1. The van der Waals surface area contributed by atoms with Crippen molar-refractivity contribution in [1.29, 1.82) is 0 Å². The van der Waals surface area contributed by atoms with Crippen molar-refractivity contribution >= 4 is 11.9 Å². The third kappa shape index (κ3) is 5.65. The first-order chi connectivity index (χ1) is 14.1. The highest BCUT2D eigenvalue weighted by atomic mass is 19.1. The van der Waals surface area contributed by atoms with Crippen LogP contribution in [0.5, 0.6) is 0 Å². The summed E-state index contributed by atoms with van der Waals surface area (Å²) in [4.78, 5) is 25.2. The molecule has 2 fully saturated rings. The maximum absolute atomic E-state index is 14.5. The van der Waals surface area contributed by atoms with Gasteiger partial charge in [-0.05, 0) is 57.7 Å². The van der Waals surface area contributed by atoms with Gasteiger partial charge in [-0.15, -0.1) is 0 Å². The SMILES string of the molecule is CC(C)(C)OC(=O)N[C@H]1C(=CC2CCCCC2)C(=O)CO[C@@H]1c1cc(F)ccc1F. The number of allylic oxidation sites excluding steroid dienone is 1. The molecule has 0 radical (unpaired) electrons. The lowest BCUT2D eigenvalue weighted by Crippen LogP contribution is -2.49. The van der Waals surface area contributed by atoms with E-state index in [1.807, 2.05) is 6.08 Å². The molecule has 1 amide bonds. The fourth-order valence-electron chi connectivity index (χ4n) is 4.02. The van der Waals surface area contributed by atoms with Gasteiger partial charge in [-0.3, -0.25) is 4.79 Å². The topological polar surface area (TPSA) is 64.6 Å². The minimum absolute atomic E-state index is 0.0434. The monoisotopic (exact) mass is 421 g/mol. The Kier molecular flexibility index (Phi) is 6.91. The number of amides is 1. The largest absolute Gasteiger partial charge is 0.444 e.